The van der Waals surface area contributed by atoms with Crippen molar-refractivity contribution in [3.8, 4) is 0 Å². The van der Waals surface area contributed by atoms with Crippen molar-refractivity contribution in [2.45, 2.75) is 25.3 Å². The molecular formula is C11H14BrFN2. The SMILES string of the molecule is NNC(c1cc(F)cc(Br)c1)C1CCC1. The first-order chi connectivity index (χ1) is 7.20. The van der Waals surface area contributed by atoms with Crippen LogP contribution in [0.2, 0.25) is 0 Å². The minimum Gasteiger partial charge on any atom is -0.271 e. The molecule has 15 heavy (non-hydrogen) atoms. The molecular weight excluding hydrogens is 259 g/mol. The zero-order valence-corrected chi connectivity index (χ0v) is 9.93. The zero-order valence-electron chi connectivity index (χ0n) is 8.34. The number of hydrogen-bond acceptors (Lipinski definition) is 2. The second-order valence-electron chi connectivity index (χ2n) is 4.04. The molecule has 1 aromatic rings. The molecule has 2 nitrogen and oxygen atoms in total. The van der Waals surface area contributed by atoms with Gasteiger partial charge in [0, 0.05) is 10.5 Å². The van der Waals surface area contributed by atoms with Crippen molar-refractivity contribution in [2.75, 3.05) is 0 Å². The molecule has 1 aliphatic rings. The van der Waals surface area contributed by atoms with E-state index in [1.54, 1.807) is 6.07 Å². The van der Waals surface area contributed by atoms with Gasteiger partial charge in [0.05, 0.1) is 0 Å². The van der Waals surface area contributed by atoms with Crippen LogP contribution in [0.25, 0.3) is 0 Å². The van der Waals surface area contributed by atoms with Crippen molar-refractivity contribution < 1.29 is 4.39 Å². The second kappa shape index (κ2) is 4.60. The van der Waals surface area contributed by atoms with Crippen LogP contribution in [0.15, 0.2) is 22.7 Å². The van der Waals surface area contributed by atoms with Crippen LogP contribution in [0.5, 0.6) is 0 Å². The van der Waals surface area contributed by atoms with Crippen molar-refractivity contribution in [1.29, 1.82) is 0 Å². The van der Waals surface area contributed by atoms with Crippen molar-refractivity contribution >= 4 is 15.9 Å². The van der Waals surface area contributed by atoms with Crippen molar-refractivity contribution in [2.24, 2.45) is 11.8 Å². The van der Waals surface area contributed by atoms with E-state index < -0.39 is 0 Å². The van der Waals surface area contributed by atoms with E-state index in [2.05, 4.69) is 21.4 Å². The Hall–Kier alpha value is -0.450. The maximum Gasteiger partial charge on any atom is 0.124 e. The average Bonchev–Trinajstić information content (AvgIpc) is 2.08. The molecule has 1 saturated carbocycles. The largest absolute Gasteiger partial charge is 0.271 e. The number of benzene rings is 1. The molecule has 1 atom stereocenters. The van der Waals surface area contributed by atoms with E-state index in [0.717, 1.165) is 10.0 Å². The van der Waals surface area contributed by atoms with E-state index in [1.807, 2.05) is 6.07 Å². The van der Waals surface area contributed by atoms with Gasteiger partial charge < -0.3 is 0 Å². The fraction of sp³-hybridized carbons (Fsp3) is 0.455. The summed E-state index contributed by atoms with van der Waals surface area (Å²) in [6.45, 7) is 0. The number of nitrogens with one attached hydrogen (secondary N) is 1. The molecule has 1 unspecified atom stereocenters. The molecule has 3 N–H and O–H groups in total. The predicted octanol–water partition coefficient (Wildman–Crippen LogP) is 2.89. The Morgan fingerprint density at radius 3 is 2.60 bits per heavy atom. The van der Waals surface area contributed by atoms with Gasteiger partial charge in [0.2, 0.25) is 0 Å². The van der Waals surface area contributed by atoms with Crippen molar-refractivity contribution in [1.82, 2.24) is 5.43 Å². The fourth-order valence-electron chi connectivity index (χ4n) is 2.03. The molecule has 0 spiro atoms. The Bertz CT molecular complexity index is 332. The molecule has 0 radical (unpaired) electrons. The molecule has 4 heteroatoms. The number of hydrogen-bond donors (Lipinski definition) is 2. The molecule has 1 aliphatic carbocycles. The summed E-state index contributed by atoms with van der Waals surface area (Å²) in [4.78, 5) is 0. The Balaban J connectivity index is 2.24. The summed E-state index contributed by atoms with van der Waals surface area (Å²) in [7, 11) is 0. The lowest BCUT2D eigenvalue weighted by atomic mass is 9.77. The van der Waals surface area contributed by atoms with Gasteiger partial charge in [-0.1, -0.05) is 22.4 Å². The van der Waals surface area contributed by atoms with Crippen LogP contribution in [0.1, 0.15) is 30.9 Å². The van der Waals surface area contributed by atoms with Gasteiger partial charge in [-0.25, -0.2) is 4.39 Å². The van der Waals surface area contributed by atoms with Crippen LogP contribution in [0.4, 0.5) is 4.39 Å². The van der Waals surface area contributed by atoms with Crippen LogP contribution < -0.4 is 11.3 Å². The summed E-state index contributed by atoms with van der Waals surface area (Å²) >= 11 is 3.29. The molecule has 2 rings (SSSR count). The first kappa shape index (κ1) is 11.0. The maximum absolute atomic E-state index is 13.2. The van der Waals surface area contributed by atoms with Crippen molar-refractivity contribution in [3.05, 3.63) is 34.1 Å². The molecule has 1 aromatic carbocycles. The van der Waals surface area contributed by atoms with Crippen LogP contribution in [0.3, 0.4) is 0 Å². The lowest BCUT2D eigenvalue weighted by molar-refractivity contribution is 0.232. The van der Waals surface area contributed by atoms with Gasteiger partial charge in [0.25, 0.3) is 0 Å². The number of nitrogens with two attached hydrogens (primary N) is 1. The lowest BCUT2D eigenvalue weighted by Crippen LogP contribution is -2.36. The van der Waals surface area contributed by atoms with Crippen LogP contribution in [-0.2, 0) is 0 Å². The number of halogens is 2. The molecule has 0 bridgehead atoms. The number of rotatable bonds is 3. The van der Waals surface area contributed by atoms with E-state index in [4.69, 9.17) is 5.84 Å². The average molecular weight is 273 g/mol. The molecule has 0 amide bonds. The molecule has 0 aromatic heterocycles. The molecule has 0 saturated heterocycles. The molecule has 82 valence electrons. The highest BCUT2D eigenvalue weighted by Crippen LogP contribution is 2.37. The summed E-state index contributed by atoms with van der Waals surface area (Å²) in [6.07, 6.45) is 3.59. The fourth-order valence-corrected chi connectivity index (χ4v) is 2.52. The van der Waals surface area contributed by atoms with Crippen LogP contribution >= 0.6 is 15.9 Å². The van der Waals surface area contributed by atoms with Gasteiger partial charge in [-0.05, 0) is 42.5 Å². The smallest absolute Gasteiger partial charge is 0.124 e. The third-order valence-electron chi connectivity index (χ3n) is 3.04. The van der Waals surface area contributed by atoms with Gasteiger partial charge in [-0.3, -0.25) is 11.3 Å². The van der Waals surface area contributed by atoms with E-state index in [1.165, 1.54) is 25.3 Å². The summed E-state index contributed by atoms with van der Waals surface area (Å²) in [5, 5.41) is 0. The monoisotopic (exact) mass is 272 g/mol. The first-order valence-corrected chi connectivity index (χ1v) is 5.92. The number of hydrazine groups is 1. The zero-order chi connectivity index (χ0) is 10.8. The van der Waals surface area contributed by atoms with Gasteiger partial charge >= 0.3 is 0 Å². The van der Waals surface area contributed by atoms with Gasteiger partial charge in [-0.2, -0.15) is 0 Å². The van der Waals surface area contributed by atoms with E-state index >= 15 is 0 Å². The van der Waals surface area contributed by atoms with E-state index in [0.29, 0.717) is 5.92 Å². The third kappa shape index (κ3) is 2.38. The highest BCUT2D eigenvalue weighted by atomic mass is 79.9. The normalized spacial score (nSPS) is 18.6. The van der Waals surface area contributed by atoms with Gasteiger partial charge in [0.1, 0.15) is 5.82 Å². The van der Waals surface area contributed by atoms with Crippen molar-refractivity contribution in [3.63, 3.8) is 0 Å². The third-order valence-corrected chi connectivity index (χ3v) is 3.50. The summed E-state index contributed by atoms with van der Waals surface area (Å²) < 4.78 is 14.0. The predicted molar refractivity (Wildman–Crippen MR) is 61.5 cm³/mol. The van der Waals surface area contributed by atoms with E-state index in [-0.39, 0.29) is 11.9 Å². The first-order valence-electron chi connectivity index (χ1n) is 5.13. The summed E-state index contributed by atoms with van der Waals surface area (Å²) in [5.74, 6) is 5.85. The summed E-state index contributed by atoms with van der Waals surface area (Å²) in [5.41, 5.74) is 3.71. The molecule has 0 heterocycles. The second-order valence-corrected chi connectivity index (χ2v) is 4.95. The topological polar surface area (TPSA) is 38.0 Å². The van der Waals surface area contributed by atoms with E-state index in [9.17, 15) is 4.39 Å². The summed E-state index contributed by atoms with van der Waals surface area (Å²) in [6, 6.07) is 5.00. The Morgan fingerprint density at radius 1 is 1.40 bits per heavy atom. The highest BCUT2D eigenvalue weighted by molar-refractivity contribution is 9.10. The standard InChI is InChI=1S/C11H14BrFN2/c12-9-4-8(5-10(13)6-9)11(15-14)7-2-1-3-7/h4-7,11,15H,1-3,14H2. The molecule has 1 fully saturated rings. The highest BCUT2D eigenvalue weighted by Gasteiger charge is 2.27. The lowest BCUT2D eigenvalue weighted by Gasteiger charge is -2.33. The van der Waals surface area contributed by atoms with Crippen LogP contribution in [-0.4, -0.2) is 0 Å². The Kier molecular flexibility index (Phi) is 3.38. The minimum absolute atomic E-state index is 0.0748. The molecule has 0 aliphatic heterocycles. The maximum atomic E-state index is 13.2. The van der Waals surface area contributed by atoms with Crippen LogP contribution in [0, 0.1) is 11.7 Å². The minimum atomic E-state index is -0.223. The quantitative estimate of drug-likeness (QED) is 0.656. The Labute approximate surface area is 97.1 Å². The van der Waals surface area contributed by atoms with Gasteiger partial charge in [-0.15, -0.1) is 0 Å². The van der Waals surface area contributed by atoms with Gasteiger partial charge in [0.15, 0.2) is 0 Å². The Morgan fingerprint density at radius 2 is 2.13 bits per heavy atom.